The van der Waals surface area contributed by atoms with Gasteiger partial charge in [0.05, 0.1) is 34.0 Å². The lowest BCUT2D eigenvalue weighted by Crippen LogP contribution is -2.56. The quantitative estimate of drug-likeness (QED) is 0.192. The number of anilines is 5. The number of hydrogen-bond donors (Lipinski definition) is 2. The second-order valence-electron chi connectivity index (χ2n) is 13.0. The van der Waals surface area contributed by atoms with E-state index in [1.165, 1.54) is 24.1 Å². The predicted octanol–water partition coefficient (Wildman–Crippen LogP) is 6.21. The lowest BCUT2D eigenvalue weighted by Gasteiger charge is -2.46. The Balaban J connectivity index is 1.22. The van der Waals surface area contributed by atoms with Gasteiger partial charge in [-0.1, -0.05) is 18.7 Å². The van der Waals surface area contributed by atoms with Crippen molar-refractivity contribution in [1.82, 2.24) is 29.7 Å². The Morgan fingerprint density at radius 3 is 2.49 bits per heavy atom. The van der Waals surface area contributed by atoms with Crippen molar-refractivity contribution in [2.45, 2.75) is 45.2 Å². The van der Waals surface area contributed by atoms with Crippen LogP contribution < -0.4 is 25.6 Å². The first-order valence-electron chi connectivity index (χ1n) is 16.3. The summed E-state index contributed by atoms with van der Waals surface area (Å²) < 4.78 is 6.67. The highest BCUT2D eigenvalue weighted by Crippen LogP contribution is 2.42. The average Bonchev–Trinajstić information content (AvgIpc) is 3.05. The first-order valence-corrected chi connectivity index (χ1v) is 20.8. The van der Waals surface area contributed by atoms with Crippen LogP contribution in [-0.2, 0) is 18.2 Å². The molecule has 0 unspecified atom stereocenters. The molecule has 47 heavy (non-hydrogen) atoms. The fourth-order valence-corrected chi connectivity index (χ4v) is 9.26. The molecule has 6 rings (SSSR count). The van der Waals surface area contributed by atoms with Gasteiger partial charge in [-0.3, -0.25) is 14.9 Å². The van der Waals surface area contributed by atoms with Crippen molar-refractivity contribution in [3.8, 4) is 5.75 Å². The van der Waals surface area contributed by atoms with Gasteiger partial charge in [-0.05, 0) is 92.3 Å². The van der Waals surface area contributed by atoms with Crippen LogP contribution in [-0.4, -0.2) is 102 Å². The highest BCUT2D eigenvalue weighted by Gasteiger charge is 2.31. The Labute approximate surface area is 291 Å². The Morgan fingerprint density at radius 1 is 1.02 bits per heavy atom. The summed E-state index contributed by atoms with van der Waals surface area (Å²) in [4.78, 5) is 26.3. The number of aryl methyl sites for hydroxylation is 1. The lowest BCUT2D eigenvalue weighted by molar-refractivity contribution is 0.0511. The molecule has 2 aromatic heterocycles. The third-order valence-corrected chi connectivity index (χ3v) is 12.0. The number of ether oxygens (including phenoxy) is 1. The van der Waals surface area contributed by atoms with E-state index in [1.54, 1.807) is 25.7 Å². The molecule has 2 N–H and O–H groups in total. The van der Waals surface area contributed by atoms with Crippen LogP contribution in [0.5, 0.6) is 5.75 Å². The molecule has 0 bridgehead atoms. The maximum absolute atomic E-state index is 6.01. The fourth-order valence-electron chi connectivity index (χ4n) is 7.02. The molecule has 4 heterocycles. The summed E-state index contributed by atoms with van der Waals surface area (Å²) in [7, 11) is 3.95. The molecule has 250 valence electrons. The summed E-state index contributed by atoms with van der Waals surface area (Å²) in [6.45, 7) is 14.4. The first kappa shape index (κ1) is 34.0. The maximum Gasteiger partial charge on any atom is 0.229 e. The fraction of sp³-hybridized carbons (Fsp3) is 0.471. The lowest BCUT2D eigenvalue weighted by atomic mass is 9.98. The summed E-state index contributed by atoms with van der Waals surface area (Å²) in [5, 5.41) is 7.96. The van der Waals surface area contributed by atoms with Gasteiger partial charge in [-0.2, -0.15) is 4.98 Å². The van der Waals surface area contributed by atoms with Crippen LogP contribution in [0.2, 0.25) is 0 Å². The summed E-state index contributed by atoms with van der Waals surface area (Å²) >= 11 is 9.65. The number of benzene rings is 2. The number of hydrogen-bond acceptors (Lipinski definition) is 11. The molecule has 0 spiro atoms. The number of halogens is 1. The van der Waals surface area contributed by atoms with E-state index in [-0.39, 0.29) is 0 Å². The number of rotatable bonds is 9. The number of piperidine rings is 1. The Morgan fingerprint density at radius 2 is 1.79 bits per heavy atom. The molecular weight excluding hydrogens is 693 g/mol. The van der Waals surface area contributed by atoms with Crippen molar-refractivity contribution >= 4 is 78.9 Å². The van der Waals surface area contributed by atoms with E-state index in [4.69, 9.17) is 21.5 Å². The van der Waals surface area contributed by atoms with Crippen LogP contribution in [0, 0.1) is 0 Å². The van der Waals surface area contributed by atoms with E-state index >= 15 is 0 Å². The molecule has 1 atom stereocenters. The summed E-state index contributed by atoms with van der Waals surface area (Å²) in [5.41, 5.74) is 5.88. The van der Waals surface area contributed by atoms with Gasteiger partial charge in [0.2, 0.25) is 5.95 Å². The zero-order valence-corrected chi connectivity index (χ0v) is 31.4. The van der Waals surface area contributed by atoms with Crippen molar-refractivity contribution in [2.75, 3.05) is 75.7 Å². The molecular formula is C34H45BrN9OPS. The van der Waals surface area contributed by atoms with Crippen LogP contribution in [0.1, 0.15) is 32.3 Å². The van der Waals surface area contributed by atoms with Gasteiger partial charge in [0.25, 0.3) is 0 Å². The Hall–Kier alpha value is -2.89. The maximum atomic E-state index is 6.01. The van der Waals surface area contributed by atoms with E-state index < -0.39 is 6.04 Å². The smallest absolute Gasteiger partial charge is 0.229 e. The minimum atomic E-state index is -1.90. The Bertz CT molecular complexity index is 1800. The number of fused-ring (bicyclic) bond motifs is 1. The van der Waals surface area contributed by atoms with Gasteiger partial charge in [0.1, 0.15) is 11.6 Å². The second kappa shape index (κ2) is 14.3. The second-order valence-corrected chi connectivity index (χ2v) is 19.7. The molecule has 2 aromatic carbocycles. The molecule has 0 radical (unpaired) electrons. The molecule has 2 aliphatic rings. The number of piperazine rings is 1. The SMILES string of the molecule is CCc1cc(Nc2ncc(Br)c(Nc3ccc4nccnc4c3P(C)(C)=S)n2)c(OC)cc1N1CCC(N2CCN(C)C[C@H]2C)CC1. The summed E-state index contributed by atoms with van der Waals surface area (Å²) in [6, 6.07) is 7.68. The van der Waals surface area contributed by atoms with Crippen LogP contribution >= 0.6 is 22.0 Å². The molecule has 0 saturated carbocycles. The minimum absolute atomic E-state index is 0.459. The number of nitrogens with one attached hydrogen (secondary N) is 2. The van der Waals surface area contributed by atoms with Gasteiger partial charge in [-0.25, -0.2) is 4.98 Å². The number of nitrogens with zero attached hydrogens (tertiary/aromatic N) is 7. The largest absolute Gasteiger partial charge is 0.494 e. The molecule has 2 saturated heterocycles. The van der Waals surface area contributed by atoms with Crippen molar-refractivity contribution in [3.05, 3.63) is 52.9 Å². The van der Waals surface area contributed by atoms with Crippen LogP contribution in [0.25, 0.3) is 11.0 Å². The Kier molecular flexibility index (Phi) is 10.3. The van der Waals surface area contributed by atoms with Crippen LogP contribution in [0.4, 0.5) is 28.8 Å². The number of likely N-dealkylation sites (N-methyl/N-ethyl adjacent to an activating group) is 1. The zero-order valence-electron chi connectivity index (χ0n) is 28.1. The minimum Gasteiger partial charge on any atom is -0.494 e. The monoisotopic (exact) mass is 737 g/mol. The molecule has 4 aromatic rings. The normalized spacial score (nSPS) is 18.4. The molecule has 10 nitrogen and oxygen atoms in total. The highest BCUT2D eigenvalue weighted by molar-refractivity contribution is 9.10. The molecule has 0 aliphatic carbocycles. The van der Waals surface area contributed by atoms with Crippen molar-refractivity contribution in [3.63, 3.8) is 0 Å². The third-order valence-electron chi connectivity index (χ3n) is 9.33. The van der Waals surface area contributed by atoms with E-state index in [9.17, 15) is 0 Å². The summed E-state index contributed by atoms with van der Waals surface area (Å²) in [5.74, 6) is 1.85. The van der Waals surface area contributed by atoms with Crippen LogP contribution in [0.15, 0.2) is 47.3 Å². The van der Waals surface area contributed by atoms with Crippen molar-refractivity contribution in [1.29, 1.82) is 0 Å². The first-order chi connectivity index (χ1) is 22.5. The van der Waals surface area contributed by atoms with E-state index in [0.29, 0.717) is 23.8 Å². The zero-order chi connectivity index (χ0) is 33.3. The topological polar surface area (TPSA) is 94.6 Å². The van der Waals surface area contributed by atoms with E-state index in [2.05, 4.69) is 103 Å². The molecule has 0 amide bonds. The molecule has 13 heteroatoms. The standard InChI is InChI=1S/C34H45BrN9OPS/c1-7-23-18-28(30(45-4)19-29(23)43-14-10-24(11-15-43)44-17-16-42(3)21-22(44)2)40-34-38-20-25(35)33(41-34)39-27-9-8-26-31(37-13-12-36-26)32(27)46(5,6)47/h8-9,12-13,18-20,22,24H,7,10-11,14-17,21H2,1-6H3,(H2,38,39,40,41)/t22-/m1/s1. The van der Waals surface area contributed by atoms with Crippen LogP contribution in [0.3, 0.4) is 0 Å². The van der Waals surface area contributed by atoms with Crippen molar-refractivity contribution < 1.29 is 4.74 Å². The molecule has 2 fully saturated rings. The predicted molar refractivity (Wildman–Crippen MR) is 203 cm³/mol. The van der Waals surface area contributed by atoms with E-state index in [0.717, 1.165) is 77.1 Å². The van der Waals surface area contributed by atoms with Gasteiger partial charge >= 0.3 is 0 Å². The van der Waals surface area contributed by atoms with Gasteiger partial charge in [-0.15, -0.1) is 0 Å². The van der Waals surface area contributed by atoms with Gasteiger partial charge < -0.3 is 25.2 Å². The van der Waals surface area contributed by atoms with Gasteiger partial charge in [0.15, 0.2) is 0 Å². The average molecular weight is 739 g/mol. The van der Waals surface area contributed by atoms with E-state index in [1.807, 2.05) is 12.1 Å². The number of aromatic nitrogens is 4. The van der Waals surface area contributed by atoms with Gasteiger partial charge in [0, 0.05) is 80.5 Å². The van der Waals surface area contributed by atoms with Crippen molar-refractivity contribution in [2.24, 2.45) is 0 Å². The molecule has 2 aliphatic heterocycles. The highest BCUT2D eigenvalue weighted by atomic mass is 79.9. The summed E-state index contributed by atoms with van der Waals surface area (Å²) in [6.07, 6.45) is 8.43. The third kappa shape index (κ3) is 7.42. The number of methoxy groups -OCH3 is 1.